The van der Waals surface area contributed by atoms with Crippen molar-refractivity contribution in [1.29, 1.82) is 0 Å². The van der Waals surface area contributed by atoms with Crippen LogP contribution < -0.4 is 15.5 Å². The molecule has 3 N–H and O–H groups in total. The van der Waals surface area contributed by atoms with E-state index in [0.717, 1.165) is 0 Å². The molecule has 10 heteroatoms. The fraction of sp³-hybridized carbons (Fsp3) is 0.0588. The molecule has 0 heterocycles. The molecule has 0 atom stereocenters. The van der Waals surface area contributed by atoms with E-state index >= 15 is 0 Å². The van der Waals surface area contributed by atoms with E-state index in [-0.39, 0.29) is 10.8 Å². The van der Waals surface area contributed by atoms with Crippen molar-refractivity contribution in [3.05, 3.63) is 58.1 Å². The fourth-order valence-corrected chi connectivity index (χ4v) is 2.24. The zero-order valence-corrected chi connectivity index (χ0v) is 15.1. The summed E-state index contributed by atoms with van der Waals surface area (Å²) >= 11 is 11.9. The Labute approximate surface area is 163 Å². The van der Waals surface area contributed by atoms with Crippen LogP contribution in [0.25, 0.3) is 0 Å². The van der Waals surface area contributed by atoms with Gasteiger partial charge in [0, 0.05) is 0 Å². The first-order valence-electron chi connectivity index (χ1n) is 7.40. The van der Waals surface area contributed by atoms with E-state index in [4.69, 9.17) is 33.0 Å². The average molecular weight is 410 g/mol. The summed E-state index contributed by atoms with van der Waals surface area (Å²) in [5.74, 6) is -2.86. The summed E-state index contributed by atoms with van der Waals surface area (Å²) in [6.07, 6.45) is 1.26. The summed E-state index contributed by atoms with van der Waals surface area (Å²) in [4.78, 5) is 34.0. The number of amides is 2. The lowest BCUT2D eigenvalue weighted by Gasteiger charge is -2.06. The molecule has 2 rings (SSSR count). The molecule has 27 heavy (non-hydrogen) atoms. The lowest BCUT2D eigenvalue weighted by molar-refractivity contribution is -0.139. The summed E-state index contributed by atoms with van der Waals surface area (Å²) in [5, 5.41) is 15.1. The Kier molecular flexibility index (Phi) is 7.16. The Morgan fingerprint density at radius 1 is 1.07 bits per heavy atom. The average Bonchev–Trinajstić information content (AvgIpc) is 2.62. The number of carboxylic acids is 1. The number of nitrogens with one attached hydrogen (secondary N) is 2. The number of carbonyl (C=O) groups excluding carboxylic acids is 2. The summed E-state index contributed by atoms with van der Waals surface area (Å²) in [7, 11) is 0. The number of hydrogen-bond donors (Lipinski definition) is 3. The van der Waals surface area contributed by atoms with Gasteiger partial charge in [0.05, 0.1) is 21.9 Å². The van der Waals surface area contributed by atoms with Crippen molar-refractivity contribution in [2.24, 2.45) is 5.10 Å². The zero-order valence-electron chi connectivity index (χ0n) is 13.6. The van der Waals surface area contributed by atoms with Gasteiger partial charge in [-0.1, -0.05) is 35.3 Å². The molecule has 0 bridgehead atoms. The van der Waals surface area contributed by atoms with Crippen LogP contribution in [0.5, 0.6) is 5.75 Å². The molecule has 0 saturated carbocycles. The van der Waals surface area contributed by atoms with Crippen molar-refractivity contribution in [3.63, 3.8) is 0 Å². The number of benzene rings is 2. The van der Waals surface area contributed by atoms with Gasteiger partial charge >= 0.3 is 17.8 Å². The molecule has 140 valence electrons. The molecule has 0 spiro atoms. The molecule has 0 aliphatic rings. The first-order chi connectivity index (χ1) is 12.9. The topological polar surface area (TPSA) is 117 Å². The second kappa shape index (κ2) is 9.56. The molecule has 0 saturated heterocycles. The molecule has 0 radical (unpaired) electrons. The van der Waals surface area contributed by atoms with E-state index in [0.29, 0.717) is 16.3 Å². The SMILES string of the molecule is O=C(O)COc1ccc(/C=N\NC(=O)C(=O)Nc2ccccc2Cl)cc1Cl. The normalized spacial score (nSPS) is 10.4. The lowest BCUT2D eigenvalue weighted by Crippen LogP contribution is -2.32. The predicted molar refractivity (Wildman–Crippen MR) is 100 cm³/mol. The van der Waals surface area contributed by atoms with Crippen molar-refractivity contribution in [2.45, 2.75) is 0 Å². The van der Waals surface area contributed by atoms with Crippen LogP contribution in [0.4, 0.5) is 5.69 Å². The molecule has 0 aliphatic heterocycles. The maximum atomic E-state index is 11.8. The minimum atomic E-state index is -1.13. The first kappa shape index (κ1) is 20.2. The molecular formula is C17H13Cl2N3O5. The third-order valence-corrected chi connectivity index (χ3v) is 3.64. The number of halogens is 2. The lowest BCUT2D eigenvalue weighted by atomic mass is 10.2. The summed E-state index contributed by atoms with van der Waals surface area (Å²) in [6, 6.07) is 10.9. The molecule has 0 fully saturated rings. The van der Waals surface area contributed by atoms with Gasteiger partial charge < -0.3 is 15.2 Å². The van der Waals surface area contributed by atoms with Gasteiger partial charge in [-0.25, -0.2) is 10.2 Å². The van der Waals surface area contributed by atoms with Gasteiger partial charge in [0.25, 0.3) is 0 Å². The Balaban J connectivity index is 1.91. The minimum Gasteiger partial charge on any atom is -0.480 e. The highest BCUT2D eigenvalue weighted by Gasteiger charge is 2.14. The van der Waals surface area contributed by atoms with E-state index < -0.39 is 24.4 Å². The van der Waals surface area contributed by atoms with E-state index in [1.807, 2.05) is 0 Å². The number of carbonyl (C=O) groups is 3. The maximum absolute atomic E-state index is 11.8. The van der Waals surface area contributed by atoms with Crippen molar-refractivity contribution in [2.75, 3.05) is 11.9 Å². The Bertz CT molecular complexity index is 902. The van der Waals surface area contributed by atoms with Gasteiger partial charge in [-0.2, -0.15) is 5.10 Å². The van der Waals surface area contributed by atoms with Gasteiger partial charge in [0.15, 0.2) is 6.61 Å². The predicted octanol–water partition coefficient (Wildman–Crippen LogP) is 2.55. The zero-order chi connectivity index (χ0) is 19.8. The highest BCUT2D eigenvalue weighted by Crippen LogP contribution is 2.24. The molecule has 0 unspecified atom stereocenters. The highest BCUT2D eigenvalue weighted by molar-refractivity contribution is 6.41. The van der Waals surface area contributed by atoms with Crippen molar-refractivity contribution in [3.8, 4) is 5.75 Å². The van der Waals surface area contributed by atoms with Crippen LogP contribution in [-0.2, 0) is 14.4 Å². The Morgan fingerprint density at radius 2 is 1.81 bits per heavy atom. The van der Waals surface area contributed by atoms with E-state index in [1.165, 1.54) is 18.3 Å². The number of anilines is 1. The third-order valence-electron chi connectivity index (χ3n) is 3.02. The van der Waals surface area contributed by atoms with Crippen molar-refractivity contribution in [1.82, 2.24) is 5.43 Å². The molecule has 2 amide bonds. The van der Waals surface area contributed by atoms with Crippen LogP contribution in [0.1, 0.15) is 5.56 Å². The Hall–Kier alpha value is -3.10. The number of rotatable bonds is 6. The smallest absolute Gasteiger partial charge is 0.341 e. The minimum absolute atomic E-state index is 0.169. The van der Waals surface area contributed by atoms with Gasteiger partial charge in [-0.3, -0.25) is 9.59 Å². The molecule has 0 aromatic heterocycles. The van der Waals surface area contributed by atoms with Crippen molar-refractivity contribution >= 4 is 52.9 Å². The largest absolute Gasteiger partial charge is 0.480 e. The number of ether oxygens (including phenoxy) is 1. The van der Waals surface area contributed by atoms with Gasteiger partial charge in [0.1, 0.15) is 5.75 Å². The van der Waals surface area contributed by atoms with Crippen LogP contribution in [0.2, 0.25) is 10.0 Å². The van der Waals surface area contributed by atoms with Crippen LogP contribution >= 0.6 is 23.2 Å². The standard InChI is InChI=1S/C17H13Cl2N3O5/c18-11-3-1-2-4-13(11)21-16(25)17(26)22-20-8-10-5-6-14(12(19)7-10)27-9-15(23)24/h1-8H,9H2,(H,21,25)(H,22,26)(H,23,24)/b20-8-. The number of carboxylic acid groups (broad SMARTS) is 1. The van der Waals surface area contributed by atoms with E-state index in [9.17, 15) is 14.4 Å². The molecule has 2 aromatic carbocycles. The first-order valence-corrected chi connectivity index (χ1v) is 8.15. The number of nitrogens with zero attached hydrogens (tertiary/aromatic N) is 1. The van der Waals surface area contributed by atoms with Crippen molar-refractivity contribution < 1.29 is 24.2 Å². The summed E-state index contributed by atoms with van der Waals surface area (Å²) < 4.78 is 4.98. The number of hydrazone groups is 1. The summed E-state index contributed by atoms with van der Waals surface area (Å²) in [5.41, 5.74) is 2.86. The second-order valence-electron chi connectivity index (χ2n) is 5.01. The monoisotopic (exact) mass is 409 g/mol. The number of hydrogen-bond acceptors (Lipinski definition) is 5. The molecule has 2 aromatic rings. The highest BCUT2D eigenvalue weighted by atomic mass is 35.5. The van der Waals surface area contributed by atoms with Crippen LogP contribution in [0, 0.1) is 0 Å². The molecule has 8 nitrogen and oxygen atoms in total. The molecular weight excluding hydrogens is 397 g/mol. The van der Waals surface area contributed by atoms with Gasteiger partial charge in [0.2, 0.25) is 0 Å². The summed E-state index contributed by atoms with van der Waals surface area (Å²) in [6.45, 7) is -0.524. The molecule has 0 aliphatic carbocycles. The van der Waals surface area contributed by atoms with Gasteiger partial charge in [-0.15, -0.1) is 0 Å². The number of aliphatic carboxylic acids is 1. The van der Waals surface area contributed by atoms with Crippen LogP contribution in [0.15, 0.2) is 47.6 Å². The number of para-hydroxylation sites is 1. The third kappa shape index (κ3) is 6.28. The van der Waals surface area contributed by atoms with E-state index in [1.54, 1.807) is 30.3 Å². The fourth-order valence-electron chi connectivity index (χ4n) is 1.81. The Morgan fingerprint density at radius 3 is 2.48 bits per heavy atom. The maximum Gasteiger partial charge on any atom is 0.341 e. The van der Waals surface area contributed by atoms with Crippen LogP contribution in [0.3, 0.4) is 0 Å². The van der Waals surface area contributed by atoms with Gasteiger partial charge in [-0.05, 0) is 35.9 Å². The van der Waals surface area contributed by atoms with Crippen LogP contribution in [-0.4, -0.2) is 35.7 Å². The quantitative estimate of drug-likeness (QED) is 0.385. The van der Waals surface area contributed by atoms with E-state index in [2.05, 4.69) is 15.8 Å². The second-order valence-corrected chi connectivity index (χ2v) is 5.82.